The van der Waals surface area contributed by atoms with Crippen LogP contribution in [0, 0.1) is 12.7 Å². The molecule has 0 unspecified atom stereocenters. The second kappa shape index (κ2) is 10.4. The lowest BCUT2D eigenvalue weighted by atomic mass is 10.2. The van der Waals surface area contributed by atoms with E-state index in [-0.39, 0.29) is 17.2 Å². The summed E-state index contributed by atoms with van der Waals surface area (Å²) in [5.74, 6) is -1.65. The van der Waals surface area contributed by atoms with Crippen LogP contribution in [-0.4, -0.2) is 23.5 Å². The van der Waals surface area contributed by atoms with Crippen LogP contribution in [-0.2, 0) is 4.79 Å². The fourth-order valence-corrected chi connectivity index (χ4v) is 3.46. The Morgan fingerprint density at radius 1 is 0.839 bits per heavy atom. The van der Waals surface area contributed by atoms with Gasteiger partial charge in [-0.25, -0.2) is 4.39 Å². The van der Waals surface area contributed by atoms with Gasteiger partial charge in [-0.05, 0) is 55.5 Å². The molecule has 3 aromatic rings. The summed E-state index contributed by atoms with van der Waals surface area (Å²) in [5.41, 5.74) is 6.95. The molecule has 3 rings (SSSR count). The van der Waals surface area contributed by atoms with E-state index < -0.39 is 17.6 Å². The summed E-state index contributed by atoms with van der Waals surface area (Å²) in [4.78, 5) is 37.4. The van der Waals surface area contributed by atoms with Crippen LogP contribution >= 0.6 is 11.8 Å². The molecule has 3 N–H and O–H groups in total. The Morgan fingerprint density at radius 2 is 1.48 bits per heavy atom. The van der Waals surface area contributed by atoms with E-state index in [1.54, 1.807) is 24.3 Å². The summed E-state index contributed by atoms with van der Waals surface area (Å²) in [7, 11) is 0. The average molecular weight is 437 g/mol. The maximum atomic E-state index is 13.0. The highest BCUT2D eigenvalue weighted by Crippen LogP contribution is 2.23. The summed E-state index contributed by atoms with van der Waals surface area (Å²) < 4.78 is 13.0. The van der Waals surface area contributed by atoms with Crippen molar-refractivity contribution in [2.45, 2.75) is 11.8 Å². The zero-order chi connectivity index (χ0) is 22.2. The predicted molar refractivity (Wildman–Crippen MR) is 118 cm³/mol. The molecule has 0 heterocycles. The van der Waals surface area contributed by atoms with Gasteiger partial charge in [0.1, 0.15) is 5.82 Å². The number of rotatable bonds is 6. The minimum atomic E-state index is -0.573. The van der Waals surface area contributed by atoms with Crippen LogP contribution in [0.15, 0.2) is 77.7 Å². The number of nitrogens with one attached hydrogen (secondary N) is 3. The fraction of sp³-hybridized carbons (Fsp3) is 0.0870. The van der Waals surface area contributed by atoms with Gasteiger partial charge in [-0.3, -0.25) is 25.2 Å². The second-order valence-electron chi connectivity index (χ2n) is 6.61. The summed E-state index contributed by atoms with van der Waals surface area (Å²) >= 11 is 1.21. The zero-order valence-electron chi connectivity index (χ0n) is 16.6. The van der Waals surface area contributed by atoms with Gasteiger partial charge in [0.25, 0.3) is 11.8 Å². The average Bonchev–Trinajstić information content (AvgIpc) is 2.78. The largest absolute Gasteiger partial charge is 0.325 e. The van der Waals surface area contributed by atoms with Gasteiger partial charge >= 0.3 is 0 Å². The molecule has 0 saturated heterocycles. The third-order valence-electron chi connectivity index (χ3n) is 4.22. The van der Waals surface area contributed by atoms with Crippen LogP contribution in [0.3, 0.4) is 0 Å². The van der Waals surface area contributed by atoms with Crippen molar-refractivity contribution >= 4 is 35.2 Å². The Kier molecular flexibility index (Phi) is 7.40. The Hall–Kier alpha value is -3.65. The molecular formula is C23H20FN3O3S. The molecule has 0 aliphatic rings. The predicted octanol–water partition coefficient (Wildman–Crippen LogP) is 3.94. The maximum absolute atomic E-state index is 13.0. The van der Waals surface area contributed by atoms with Gasteiger partial charge in [-0.2, -0.15) is 0 Å². The molecule has 0 spiro atoms. The molecule has 0 aromatic heterocycles. The first-order valence-corrected chi connectivity index (χ1v) is 10.4. The van der Waals surface area contributed by atoms with Crippen molar-refractivity contribution in [1.29, 1.82) is 0 Å². The summed E-state index contributed by atoms with van der Waals surface area (Å²) in [6.07, 6.45) is 0. The Morgan fingerprint density at radius 3 is 2.19 bits per heavy atom. The third kappa shape index (κ3) is 6.42. The second-order valence-corrected chi connectivity index (χ2v) is 7.63. The van der Waals surface area contributed by atoms with E-state index in [1.807, 2.05) is 31.2 Å². The number of amides is 3. The molecule has 0 bridgehead atoms. The number of anilines is 1. The number of thioether (sulfide) groups is 1. The minimum Gasteiger partial charge on any atom is -0.325 e. The van der Waals surface area contributed by atoms with Crippen LogP contribution in [0.4, 0.5) is 10.1 Å². The summed E-state index contributed by atoms with van der Waals surface area (Å²) in [5, 5.41) is 2.81. The van der Waals surface area contributed by atoms with Gasteiger partial charge in [-0.1, -0.05) is 29.8 Å². The number of carbonyl (C=O) groups excluding carboxylic acids is 3. The molecule has 3 aromatic carbocycles. The third-order valence-corrected chi connectivity index (χ3v) is 5.30. The van der Waals surface area contributed by atoms with Crippen molar-refractivity contribution < 1.29 is 18.8 Å². The van der Waals surface area contributed by atoms with Crippen LogP contribution in [0.1, 0.15) is 26.3 Å². The normalized spacial score (nSPS) is 10.3. The smallest absolute Gasteiger partial charge is 0.270 e. The monoisotopic (exact) mass is 437 g/mol. The number of halogens is 1. The van der Waals surface area contributed by atoms with Gasteiger partial charge in [-0.15, -0.1) is 11.8 Å². The molecule has 0 aliphatic heterocycles. The maximum Gasteiger partial charge on any atom is 0.270 e. The first-order chi connectivity index (χ1) is 14.9. The van der Waals surface area contributed by atoms with Crippen LogP contribution < -0.4 is 16.2 Å². The molecular weight excluding hydrogens is 417 g/mol. The lowest BCUT2D eigenvalue weighted by Gasteiger charge is -2.11. The quantitative estimate of drug-likeness (QED) is 0.403. The number of hydrogen-bond acceptors (Lipinski definition) is 4. The van der Waals surface area contributed by atoms with Crippen molar-refractivity contribution in [1.82, 2.24) is 10.9 Å². The van der Waals surface area contributed by atoms with Gasteiger partial charge < -0.3 is 5.32 Å². The van der Waals surface area contributed by atoms with Crippen molar-refractivity contribution in [3.05, 3.63) is 95.3 Å². The highest BCUT2D eigenvalue weighted by atomic mass is 32.2. The Bertz CT molecular complexity index is 1090. The van der Waals surface area contributed by atoms with Crippen molar-refractivity contribution in [3.8, 4) is 0 Å². The first kappa shape index (κ1) is 22.0. The summed E-state index contributed by atoms with van der Waals surface area (Å²) in [6.45, 7) is 1.96. The van der Waals surface area contributed by atoms with Crippen LogP contribution in [0.25, 0.3) is 0 Å². The lowest BCUT2D eigenvalue weighted by molar-refractivity contribution is -0.113. The number of carbonyl (C=O) groups is 3. The summed E-state index contributed by atoms with van der Waals surface area (Å²) in [6, 6.07) is 19.2. The Balaban J connectivity index is 1.56. The van der Waals surface area contributed by atoms with E-state index in [9.17, 15) is 18.8 Å². The van der Waals surface area contributed by atoms with E-state index in [0.29, 0.717) is 16.1 Å². The van der Waals surface area contributed by atoms with Crippen LogP contribution in [0.2, 0.25) is 0 Å². The molecule has 8 heteroatoms. The van der Waals surface area contributed by atoms with Gasteiger partial charge in [0.2, 0.25) is 5.91 Å². The van der Waals surface area contributed by atoms with Crippen molar-refractivity contribution in [3.63, 3.8) is 0 Å². The molecule has 0 radical (unpaired) electrons. The number of hydrazine groups is 1. The molecule has 31 heavy (non-hydrogen) atoms. The molecule has 158 valence electrons. The Labute approximate surface area is 183 Å². The SMILES string of the molecule is Cc1ccc(NC(=O)CSc2ccccc2C(=O)NNC(=O)c2ccc(F)cc2)cc1. The highest BCUT2D eigenvalue weighted by Gasteiger charge is 2.14. The fourth-order valence-electron chi connectivity index (χ4n) is 2.61. The number of benzene rings is 3. The van der Waals surface area contributed by atoms with E-state index in [4.69, 9.17) is 0 Å². The molecule has 0 fully saturated rings. The van der Waals surface area contributed by atoms with Crippen molar-refractivity contribution in [2.24, 2.45) is 0 Å². The number of hydrogen-bond donors (Lipinski definition) is 3. The zero-order valence-corrected chi connectivity index (χ0v) is 17.5. The van der Waals surface area contributed by atoms with E-state index in [0.717, 1.165) is 17.7 Å². The number of aryl methyl sites for hydroxylation is 1. The van der Waals surface area contributed by atoms with Gasteiger partial charge in [0.05, 0.1) is 11.3 Å². The van der Waals surface area contributed by atoms with E-state index in [2.05, 4.69) is 16.2 Å². The van der Waals surface area contributed by atoms with E-state index >= 15 is 0 Å². The molecule has 6 nitrogen and oxygen atoms in total. The van der Waals surface area contributed by atoms with Crippen LogP contribution in [0.5, 0.6) is 0 Å². The molecule has 0 aliphatic carbocycles. The molecule has 3 amide bonds. The lowest BCUT2D eigenvalue weighted by Crippen LogP contribution is -2.41. The van der Waals surface area contributed by atoms with Gasteiger partial charge in [0.15, 0.2) is 0 Å². The topological polar surface area (TPSA) is 87.3 Å². The first-order valence-electron chi connectivity index (χ1n) is 9.37. The van der Waals surface area contributed by atoms with Crippen molar-refractivity contribution in [2.75, 3.05) is 11.1 Å². The minimum absolute atomic E-state index is 0.111. The van der Waals surface area contributed by atoms with E-state index in [1.165, 1.54) is 23.9 Å². The molecule has 0 atom stereocenters. The van der Waals surface area contributed by atoms with Gasteiger partial charge in [0, 0.05) is 16.1 Å². The molecule has 0 saturated carbocycles. The standard InChI is InChI=1S/C23H20FN3O3S/c1-15-6-12-18(13-7-15)25-21(28)14-31-20-5-3-2-4-19(20)23(30)27-26-22(29)16-8-10-17(24)11-9-16/h2-13H,14H2,1H3,(H,25,28)(H,26,29)(H,27,30). The highest BCUT2D eigenvalue weighted by molar-refractivity contribution is 8.00.